The molecular formula is C16H21N3OS. The first kappa shape index (κ1) is 15.6. The van der Waals surface area contributed by atoms with Crippen LogP contribution in [-0.4, -0.2) is 15.2 Å². The van der Waals surface area contributed by atoms with Gasteiger partial charge in [-0.15, -0.1) is 0 Å². The van der Waals surface area contributed by atoms with Gasteiger partial charge in [0, 0.05) is 17.5 Å². The maximum Gasteiger partial charge on any atom is 0.252 e. The van der Waals surface area contributed by atoms with Gasteiger partial charge in [-0.2, -0.15) is 11.8 Å². The Hall–Kier alpha value is -1.75. The smallest absolute Gasteiger partial charge is 0.252 e. The molecule has 5 heteroatoms. The number of nitrogens with one attached hydrogen (secondary N) is 2. The highest BCUT2D eigenvalue weighted by Gasteiger charge is 2.06. The third-order valence-corrected chi connectivity index (χ3v) is 4.35. The van der Waals surface area contributed by atoms with Gasteiger partial charge < -0.3 is 5.32 Å². The zero-order valence-corrected chi connectivity index (χ0v) is 13.7. The number of H-pyrrole nitrogens is 1. The van der Waals surface area contributed by atoms with Gasteiger partial charge in [0.05, 0.1) is 5.69 Å². The summed E-state index contributed by atoms with van der Waals surface area (Å²) < 4.78 is 0. The van der Waals surface area contributed by atoms with Gasteiger partial charge in [-0.1, -0.05) is 26.0 Å². The Morgan fingerprint density at radius 1 is 1.33 bits per heavy atom. The topological polar surface area (TPSA) is 57.8 Å². The molecule has 0 atom stereocenters. The molecule has 1 aromatic carbocycles. The summed E-state index contributed by atoms with van der Waals surface area (Å²) in [7, 11) is 0. The minimum Gasteiger partial charge on any atom is -0.325 e. The molecule has 0 bridgehead atoms. The minimum atomic E-state index is -0.128. The molecular weight excluding hydrogens is 282 g/mol. The van der Waals surface area contributed by atoms with E-state index < -0.39 is 0 Å². The fraction of sp³-hybridized carbons (Fsp3) is 0.375. The molecule has 0 spiro atoms. The average molecular weight is 303 g/mol. The summed E-state index contributed by atoms with van der Waals surface area (Å²) in [6.45, 7) is 8.38. The molecule has 2 aromatic rings. The lowest BCUT2D eigenvalue weighted by molar-refractivity contribution is 1.05. The van der Waals surface area contributed by atoms with Crippen LogP contribution in [-0.2, 0) is 5.75 Å². The van der Waals surface area contributed by atoms with Gasteiger partial charge in [-0.05, 0) is 36.3 Å². The Morgan fingerprint density at radius 2 is 2.10 bits per heavy atom. The number of anilines is 2. The van der Waals surface area contributed by atoms with E-state index in [4.69, 9.17) is 0 Å². The molecule has 21 heavy (non-hydrogen) atoms. The van der Waals surface area contributed by atoms with E-state index in [9.17, 15) is 4.79 Å². The zero-order valence-electron chi connectivity index (χ0n) is 12.9. The van der Waals surface area contributed by atoms with Crippen LogP contribution in [0.2, 0.25) is 0 Å². The summed E-state index contributed by atoms with van der Waals surface area (Å²) in [5.41, 5.74) is 3.99. The van der Waals surface area contributed by atoms with Crippen molar-refractivity contribution in [2.45, 2.75) is 38.7 Å². The third kappa shape index (κ3) is 4.36. The summed E-state index contributed by atoms with van der Waals surface area (Å²) in [6.07, 6.45) is 0. The standard InChI is InChI=1S/C16H21N3OS/c1-10(2)21-9-13-8-15(20)19-16(17-13)18-14-7-5-6-11(3)12(14)4/h5-8,10H,9H2,1-4H3,(H2,17,18,19,20). The lowest BCUT2D eigenvalue weighted by Crippen LogP contribution is -2.12. The van der Waals surface area contributed by atoms with Gasteiger partial charge in [-0.25, -0.2) is 4.98 Å². The maximum atomic E-state index is 11.8. The van der Waals surface area contributed by atoms with E-state index >= 15 is 0 Å². The van der Waals surface area contributed by atoms with E-state index in [1.807, 2.05) is 19.1 Å². The number of aromatic amines is 1. The number of nitrogens with zero attached hydrogens (tertiary/aromatic N) is 1. The number of benzene rings is 1. The highest BCUT2D eigenvalue weighted by atomic mass is 32.2. The molecule has 0 unspecified atom stereocenters. The Bertz CT molecular complexity index is 679. The van der Waals surface area contributed by atoms with Crippen molar-refractivity contribution in [1.82, 2.24) is 9.97 Å². The van der Waals surface area contributed by atoms with Crippen LogP contribution in [0.3, 0.4) is 0 Å². The Morgan fingerprint density at radius 3 is 2.81 bits per heavy atom. The van der Waals surface area contributed by atoms with Crippen molar-refractivity contribution in [1.29, 1.82) is 0 Å². The second-order valence-corrected chi connectivity index (χ2v) is 6.88. The van der Waals surface area contributed by atoms with Crippen molar-refractivity contribution in [3.63, 3.8) is 0 Å². The Labute approximate surface area is 129 Å². The van der Waals surface area contributed by atoms with E-state index in [1.165, 1.54) is 5.56 Å². The van der Waals surface area contributed by atoms with E-state index in [0.29, 0.717) is 11.2 Å². The molecule has 0 radical (unpaired) electrons. The summed E-state index contributed by atoms with van der Waals surface area (Å²) >= 11 is 1.77. The molecule has 0 amide bonds. The first-order chi connectivity index (χ1) is 9.95. The number of rotatable bonds is 5. The van der Waals surface area contributed by atoms with E-state index in [1.54, 1.807) is 17.8 Å². The number of aryl methyl sites for hydroxylation is 1. The van der Waals surface area contributed by atoms with E-state index in [2.05, 4.69) is 42.1 Å². The molecule has 1 aromatic heterocycles. The predicted molar refractivity (Wildman–Crippen MR) is 90.5 cm³/mol. The molecule has 0 saturated carbocycles. The molecule has 2 rings (SSSR count). The second-order valence-electron chi connectivity index (χ2n) is 5.32. The number of hydrogen-bond acceptors (Lipinski definition) is 4. The Balaban J connectivity index is 2.24. The maximum absolute atomic E-state index is 11.8. The normalized spacial score (nSPS) is 10.9. The fourth-order valence-corrected chi connectivity index (χ4v) is 2.56. The van der Waals surface area contributed by atoms with Crippen molar-refractivity contribution in [2.24, 2.45) is 0 Å². The highest BCUT2D eigenvalue weighted by molar-refractivity contribution is 7.99. The van der Waals surface area contributed by atoms with Gasteiger partial charge in [0.25, 0.3) is 5.56 Å². The Kier molecular flexibility index (Phi) is 5.07. The molecule has 1 heterocycles. The molecule has 0 fully saturated rings. The van der Waals surface area contributed by atoms with Crippen LogP contribution in [0.4, 0.5) is 11.6 Å². The first-order valence-corrected chi connectivity index (χ1v) is 8.05. The predicted octanol–water partition coefficient (Wildman–Crippen LogP) is 3.77. The molecule has 112 valence electrons. The van der Waals surface area contributed by atoms with Crippen LogP contribution < -0.4 is 10.9 Å². The van der Waals surface area contributed by atoms with Gasteiger partial charge in [0.15, 0.2) is 0 Å². The lowest BCUT2D eigenvalue weighted by atomic mass is 10.1. The SMILES string of the molecule is Cc1cccc(Nc2nc(CSC(C)C)cc(=O)[nH]2)c1C. The quantitative estimate of drug-likeness (QED) is 0.882. The van der Waals surface area contributed by atoms with Gasteiger partial charge in [0.1, 0.15) is 0 Å². The molecule has 0 saturated heterocycles. The van der Waals surface area contributed by atoms with Gasteiger partial charge >= 0.3 is 0 Å². The van der Waals surface area contributed by atoms with E-state index in [-0.39, 0.29) is 5.56 Å². The highest BCUT2D eigenvalue weighted by Crippen LogP contribution is 2.21. The first-order valence-electron chi connectivity index (χ1n) is 7.01. The van der Waals surface area contributed by atoms with Crippen LogP contribution >= 0.6 is 11.8 Å². The molecule has 2 N–H and O–H groups in total. The molecule has 0 aliphatic rings. The fourth-order valence-electron chi connectivity index (χ4n) is 1.91. The van der Waals surface area contributed by atoms with Crippen LogP contribution in [0.25, 0.3) is 0 Å². The van der Waals surface area contributed by atoms with Crippen LogP contribution in [0, 0.1) is 13.8 Å². The number of aromatic nitrogens is 2. The van der Waals surface area contributed by atoms with Crippen LogP contribution in [0.5, 0.6) is 0 Å². The van der Waals surface area contributed by atoms with Crippen molar-refractivity contribution < 1.29 is 0 Å². The monoisotopic (exact) mass is 303 g/mol. The van der Waals surface area contributed by atoms with Crippen molar-refractivity contribution >= 4 is 23.4 Å². The summed E-state index contributed by atoms with van der Waals surface area (Å²) in [5.74, 6) is 1.24. The van der Waals surface area contributed by atoms with Crippen molar-refractivity contribution in [2.75, 3.05) is 5.32 Å². The summed E-state index contributed by atoms with van der Waals surface area (Å²) in [5, 5.41) is 3.72. The molecule has 0 aliphatic heterocycles. The largest absolute Gasteiger partial charge is 0.325 e. The minimum absolute atomic E-state index is 0.128. The van der Waals surface area contributed by atoms with Crippen molar-refractivity contribution in [3.8, 4) is 0 Å². The number of thioether (sulfide) groups is 1. The molecule has 4 nitrogen and oxygen atoms in total. The summed E-state index contributed by atoms with van der Waals surface area (Å²) in [6, 6.07) is 7.59. The third-order valence-electron chi connectivity index (χ3n) is 3.22. The van der Waals surface area contributed by atoms with Gasteiger partial charge in [-0.3, -0.25) is 9.78 Å². The number of hydrogen-bond donors (Lipinski definition) is 2. The summed E-state index contributed by atoms with van der Waals surface area (Å²) in [4.78, 5) is 19.0. The van der Waals surface area contributed by atoms with Gasteiger partial charge in [0.2, 0.25) is 5.95 Å². The van der Waals surface area contributed by atoms with Crippen LogP contribution in [0.15, 0.2) is 29.1 Å². The van der Waals surface area contributed by atoms with Crippen LogP contribution in [0.1, 0.15) is 30.7 Å². The lowest BCUT2D eigenvalue weighted by Gasteiger charge is -2.11. The molecule has 0 aliphatic carbocycles. The zero-order chi connectivity index (χ0) is 15.4. The van der Waals surface area contributed by atoms with E-state index in [0.717, 1.165) is 22.7 Å². The van der Waals surface area contributed by atoms with Crippen molar-refractivity contribution in [3.05, 3.63) is 51.4 Å². The second kappa shape index (κ2) is 6.80. The average Bonchev–Trinajstić information content (AvgIpc) is 2.41.